The van der Waals surface area contributed by atoms with Gasteiger partial charge in [0.15, 0.2) is 0 Å². The van der Waals surface area contributed by atoms with Crippen molar-refractivity contribution in [1.29, 1.82) is 0 Å². The second kappa shape index (κ2) is 5.16. The third-order valence-corrected chi connectivity index (χ3v) is 2.64. The second-order valence-electron chi connectivity index (χ2n) is 3.82. The maximum Gasteiger partial charge on any atom is 0.0845 e. The number of nitrogens with zero attached hydrogens (tertiary/aromatic N) is 1. The highest BCUT2D eigenvalue weighted by Crippen LogP contribution is 2.02. The quantitative estimate of drug-likeness (QED) is 0.469. The molecular formula is C10H18N4O. The third-order valence-electron chi connectivity index (χ3n) is 2.64. The average Bonchev–Trinajstić information content (AvgIpc) is 2.31. The van der Waals surface area contributed by atoms with E-state index in [9.17, 15) is 0 Å². The van der Waals surface area contributed by atoms with Crippen molar-refractivity contribution in [3.8, 4) is 0 Å². The first-order valence-electron chi connectivity index (χ1n) is 5.34. The fourth-order valence-electron chi connectivity index (χ4n) is 1.74. The molecule has 2 aliphatic heterocycles. The van der Waals surface area contributed by atoms with Crippen molar-refractivity contribution < 1.29 is 5.11 Å². The van der Waals surface area contributed by atoms with E-state index in [4.69, 9.17) is 5.11 Å². The van der Waals surface area contributed by atoms with E-state index in [0.29, 0.717) is 0 Å². The number of aliphatic hydroxyl groups excluding tert-OH is 1. The molecule has 5 nitrogen and oxygen atoms in total. The van der Waals surface area contributed by atoms with Crippen LogP contribution in [-0.4, -0.2) is 49.3 Å². The molecule has 0 saturated carbocycles. The fourth-order valence-corrected chi connectivity index (χ4v) is 1.74. The predicted octanol–water partition coefficient (Wildman–Crippen LogP) is -1.24. The van der Waals surface area contributed by atoms with E-state index in [1.807, 2.05) is 12.2 Å². The molecule has 0 bridgehead atoms. The molecule has 0 spiro atoms. The van der Waals surface area contributed by atoms with Crippen molar-refractivity contribution in [2.75, 3.05) is 39.3 Å². The first-order chi connectivity index (χ1) is 7.38. The van der Waals surface area contributed by atoms with Crippen molar-refractivity contribution >= 4 is 0 Å². The van der Waals surface area contributed by atoms with Crippen LogP contribution < -0.4 is 16.2 Å². The highest BCUT2D eigenvalue weighted by atomic mass is 16.3. The van der Waals surface area contributed by atoms with E-state index in [-0.39, 0.29) is 6.61 Å². The summed E-state index contributed by atoms with van der Waals surface area (Å²) >= 11 is 0. The van der Waals surface area contributed by atoms with Crippen molar-refractivity contribution in [2.24, 2.45) is 0 Å². The molecule has 4 N–H and O–H groups in total. The summed E-state index contributed by atoms with van der Waals surface area (Å²) in [5.74, 6) is 0. The molecule has 0 amide bonds. The lowest BCUT2D eigenvalue weighted by Gasteiger charge is -2.29. The molecule has 0 aliphatic carbocycles. The van der Waals surface area contributed by atoms with E-state index in [1.165, 1.54) is 0 Å². The Morgan fingerprint density at radius 1 is 1.13 bits per heavy atom. The molecule has 84 valence electrons. The molecule has 0 radical (unpaired) electrons. The summed E-state index contributed by atoms with van der Waals surface area (Å²) in [6, 6.07) is 0. The molecule has 1 fully saturated rings. The summed E-state index contributed by atoms with van der Waals surface area (Å²) < 4.78 is 0. The van der Waals surface area contributed by atoms with E-state index < -0.39 is 0 Å². The van der Waals surface area contributed by atoms with Crippen LogP contribution in [0.5, 0.6) is 0 Å². The predicted molar refractivity (Wildman–Crippen MR) is 58.8 cm³/mol. The molecule has 0 atom stereocenters. The van der Waals surface area contributed by atoms with Crippen molar-refractivity contribution in [3.63, 3.8) is 0 Å². The van der Waals surface area contributed by atoms with Crippen LogP contribution in [0, 0.1) is 0 Å². The first kappa shape index (κ1) is 10.5. The minimum Gasteiger partial charge on any atom is -0.390 e. The molecule has 0 aromatic rings. The minimum absolute atomic E-state index is 0.0460. The summed E-state index contributed by atoms with van der Waals surface area (Å²) in [7, 11) is 0. The fraction of sp³-hybridized carbons (Fsp3) is 0.600. The number of piperazine rings is 1. The lowest BCUT2D eigenvalue weighted by molar-refractivity contribution is 0.252. The van der Waals surface area contributed by atoms with E-state index in [1.54, 1.807) is 0 Å². The molecule has 0 aromatic carbocycles. The van der Waals surface area contributed by atoms with Crippen LogP contribution in [0.1, 0.15) is 0 Å². The molecule has 2 aliphatic rings. The first-order valence-corrected chi connectivity index (χ1v) is 5.34. The molecule has 2 rings (SSSR count). The van der Waals surface area contributed by atoms with Gasteiger partial charge < -0.3 is 21.3 Å². The number of allylic oxidation sites excluding steroid dienone is 2. The SMILES string of the molecule is OCC1=CC=C(CN2CCNCC2)NN1. The van der Waals surface area contributed by atoms with Crippen molar-refractivity contribution in [3.05, 3.63) is 23.5 Å². The van der Waals surface area contributed by atoms with Gasteiger partial charge in [0.2, 0.25) is 0 Å². The third kappa shape index (κ3) is 2.95. The van der Waals surface area contributed by atoms with Gasteiger partial charge in [0.05, 0.1) is 12.3 Å². The van der Waals surface area contributed by atoms with Crippen molar-refractivity contribution in [2.45, 2.75) is 0 Å². The Bertz CT molecular complexity index is 269. The number of nitrogens with one attached hydrogen (secondary N) is 3. The zero-order chi connectivity index (χ0) is 10.5. The van der Waals surface area contributed by atoms with Crippen LogP contribution in [0.3, 0.4) is 0 Å². The van der Waals surface area contributed by atoms with Crippen LogP contribution in [0.2, 0.25) is 0 Å². The van der Waals surface area contributed by atoms with Gasteiger partial charge in [-0.05, 0) is 12.2 Å². The van der Waals surface area contributed by atoms with Crippen LogP contribution in [0.4, 0.5) is 0 Å². The zero-order valence-electron chi connectivity index (χ0n) is 8.79. The van der Waals surface area contributed by atoms with Gasteiger partial charge in [-0.15, -0.1) is 0 Å². The molecule has 0 aromatic heterocycles. The van der Waals surface area contributed by atoms with E-state index >= 15 is 0 Å². The van der Waals surface area contributed by atoms with Gasteiger partial charge >= 0.3 is 0 Å². The monoisotopic (exact) mass is 210 g/mol. The summed E-state index contributed by atoms with van der Waals surface area (Å²) in [6.07, 6.45) is 3.93. The summed E-state index contributed by atoms with van der Waals surface area (Å²) in [6.45, 7) is 5.30. The number of aliphatic hydroxyl groups is 1. The van der Waals surface area contributed by atoms with Gasteiger partial charge in [0, 0.05) is 38.4 Å². The van der Waals surface area contributed by atoms with E-state index in [2.05, 4.69) is 21.1 Å². The van der Waals surface area contributed by atoms with Gasteiger partial charge in [-0.2, -0.15) is 0 Å². The molecule has 15 heavy (non-hydrogen) atoms. The maximum atomic E-state index is 8.88. The lowest BCUT2D eigenvalue weighted by Crippen LogP contribution is -2.46. The van der Waals surface area contributed by atoms with Gasteiger partial charge in [-0.25, -0.2) is 0 Å². The highest BCUT2D eigenvalue weighted by Gasteiger charge is 2.12. The van der Waals surface area contributed by atoms with Crippen LogP contribution >= 0.6 is 0 Å². The molecule has 1 saturated heterocycles. The molecule has 5 heteroatoms. The van der Waals surface area contributed by atoms with Crippen LogP contribution in [0.15, 0.2) is 23.5 Å². The Morgan fingerprint density at radius 2 is 1.80 bits per heavy atom. The Labute approximate surface area is 89.8 Å². The Kier molecular flexibility index (Phi) is 3.60. The van der Waals surface area contributed by atoms with Crippen molar-refractivity contribution in [1.82, 2.24) is 21.1 Å². The summed E-state index contributed by atoms with van der Waals surface area (Å²) in [5, 5.41) is 12.2. The largest absolute Gasteiger partial charge is 0.390 e. The van der Waals surface area contributed by atoms with Gasteiger partial charge in [-0.1, -0.05) is 0 Å². The smallest absolute Gasteiger partial charge is 0.0845 e. The topological polar surface area (TPSA) is 59.6 Å². The number of rotatable bonds is 3. The zero-order valence-corrected chi connectivity index (χ0v) is 8.79. The minimum atomic E-state index is 0.0460. The number of hydrogen-bond donors (Lipinski definition) is 4. The standard InChI is InChI=1S/C10H18N4O/c15-8-10-2-1-9(12-13-10)7-14-5-3-11-4-6-14/h1-2,11-13,15H,3-8H2. The van der Waals surface area contributed by atoms with Gasteiger partial charge in [0.25, 0.3) is 0 Å². The molecular weight excluding hydrogens is 192 g/mol. The summed E-state index contributed by atoms with van der Waals surface area (Å²) in [5.41, 5.74) is 8.00. The lowest BCUT2D eigenvalue weighted by atomic mass is 10.2. The van der Waals surface area contributed by atoms with E-state index in [0.717, 1.165) is 44.1 Å². The summed E-state index contributed by atoms with van der Waals surface area (Å²) in [4.78, 5) is 2.40. The Hall–Kier alpha value is -1.04. The molecule has 2 heterocycles. The van der Waals surface area contributed by atoms with Crippen LogP contribution in [0.25, 0.3) is 0 Å². The Balaban J connectivity index is 1.84. The second-order valence-corrected chi connectivity index (χ2v) is 3.82. The average molecular weight is 210 g/mol. The maximum absolute atomic E-state index is 8.88. The van der Waals surface area contributed by atoms with Gasteiger partial charge in [0.1, 0.15) is 0 Å². The molecule has 0 unspecified atom stereocenters. The normalized spacial score (nSPS) is 22.5. The highest BCUT2D eigenvalue weighted by molar-refractivity contribution is 5.21. The number of hydrogen-bond acceptors (Lipinski definition) is 5. The Morgan fingerprint density at radius 3 is 2.40 bits per heavy atom. The van der Waals surface area contributed by atoms with Gasteiger partial charge in [-0.3, -0.25) is 4.90 Å². The van der Waals surface area contributed by atoms with Crippen LogP contribution in [-0.2, 0) is 0 Å². The number of hydrazine groups is 1.